The lowest BCUT2D eigenvalue weighted by Crippen LogP contribution is -2.07. The molecule has 0 spiro atoms. The van der Waals surface area contributed by atoms with Gasteiger partial charge in [0.05, 0.1) is 12.0 Å². The van der Waals surface area contributed by atoms with Crippen molar-refractivity contribution in [1.29, 1.82) is 0 Å². The third kappa shape index (κ3) is 2.55. The van der Waals surface area contributed by atoms with E-state index in [9.17, 15) is 10.1 Å². The second-order valence-corrected chi connectivity index (χ2v) is 4.11. The van der Waals surface area contributed by atoms with Crippen molar-refractivity contribution >= 4 is 22.9 Å². The van der Waals surface area contributed by atoms with Crippen molar-refractivity contribution in [2.45, 2.75) is 0 Å². The summed E-state index contributed by atoms with van der Waals surface area (Å²) in [5.41, 5.74) is 5.86. The Kier molecular flexibility index (Phi) is 3.48. The van der Waals surface area contributed by atoms with Crippen LogP contribution >= 0.6 is 12.2 Å². The summed E-state index contributed by atoms with van der Waals surface area (Å²) in [6.07, 6.45) is 0. The molecule has 0 saturated heterocycles. The minimum atomic E-state index is -0.514. The third-order valence-electron chi connectivity index (χ3n) is 2.51. The highest BCUT2D eigenvalue weighted by molar-refractivity contribution is 7.80. The van der Waals surface area contributed by atoms with Gasteiger partial charge in [-0.05, 0) is 24.3 Å². The number of nitro benzene ring substituents is 1. The van der Waals surface area contributed by atoms with Crippen molar-refractivity contribution in [2.75, 3.05) is 7.11 Å². The van der Waals surface area contributed by atoms with Crippen molar-refractivity contribution in [3.05, 3.63) is 46.2 Å². The van der Waals surface area contributed by atoms with Crippen LogP contribution in [0.1, 0.15) is 5.76 Å². The van der Waals surface area contributed by atoms with Crippen LogP contribution in [0, 0.1) is 10.1 Å². The SMILES string of the molecule is COc1ccc(-c2ccc(C(N)=S)o2)cc1[N+](=O)[O-]. The molecule has 2 rings (SSSR count). The molecule has 0 aliphatic heterocycles. The van der Waals surface area contributed by atoms with Gasteiger partial charge < -0.3 is 14.9 Å². The largest absolute Gasteiger partial charge is 0.490 e. The Morgan fingerprint density at radius 2 is 2.16 bits per heavy atom. The molecular formula is C12H10N2O4S. The summed E-state index contributed by atoms with van der Waals surface area (Å²) < 4.78 is 10.3. The number of furan rings is 1. The predicted molar refractivity (Wildman–Crippen MR) is 73.2 cm³/mol. The molecule has 19 heavy (non-hydrogen) atoms. The number of methoxy groups -OCH3 is 1. The minimum absolute atomic E-state index is 0.131. The molecule has 2 N–H and O–H groups in total. The summed E-state index contributed by atoms with van der Waals surface area (Å²) in [5, 5.41) is 10.9. The molecule has 6 nitrogen and oxygen atoms in total. The van der Waals surface area contributed by atoms with Crippen LogP contribution in [0.25, 0.3) is 11.3 Å². The van der Waals surface area contributed by atoms with Gasteiger partial charge in [-0.25, -0.2) is 0 Å². The number of thiocarbonyl (C=S) groups is 1. The monoisotopic (exact) mass is 278 g/mol. The Morgan fingerprint density at radius 3 is 2.68 bits per heavy atom. The molecular weight excluding hydrogens is 268 g/mol. The summed E-state index contributed by atoms with van der Waals surface area (Å²) in [6.45, 7) is 0. The lowest BCUT2D eigenvalue weighted by Gasteiger charge is -2.03. The Labute approximate surface area is 113 Å². The van der Waals surface area contributed by atoms with E-state index in [-0.39, 0.29) is 16.4 Å². The minimum Gasteiger partial charge on any atom is -0.490 e. The average molecular weight is 278 g/mol. The van der Waals surface area contributed by atoms with Crippen LogP contribution in [-0.4, -0.2) is 17.0 Å². The highest BCUT2D eigenvalue weighted by Crippen LogP contribution is 2.32. The lowest BCUT2D eigenvalue weighted by atomic mass is 10.1. The van der Waals surface area contributed by atoms with Gasteiger partial charge >= 0.3 is 5.69 Å². The Morgan fingerprint density at radius 1 is 1.42 bits per heavy atom. The van der Waals surface area contributed by atoms with E-state index in [2.05, 4.69) is 0 Å². The fourth-order valence-electron chi connectivity index (χ4n) is 1.61. The van der Waals surface area contributed by atoms with E-state index in [1.807, 2.05) is 0 Å². The molecule has 7 heteroatoms. The van der Waals surface area contributed by atoms with Crippen LogP contribution < -0.4 is 10.5 Å². The van der Waals surface area contributed by atoms with Crippen molar-refractivity contribution in [2.24, 2.45) is 5.73 Å². The maximum atomic E-state index is 10.9. The van der Waals surface area contributed by atoms with E-state index in [0.29, 0.717) is 17.1 Å². The molecule has 1 heterocycles. The number of nitro groups is 1. The van der Waals surface area contributed by atoms with Crippen molar-refractivity contribution in [3.63, 3.8) is 0 Å². The van der Waals surface area contributed by atoms with E-state index in [0.717, 1.165) is 0 Å². The molecule has 0 fully saturated rings. The molecule has 0 radical (unpaired) electrons. The fraction of sp³-hybridized carbons (Fsp3) is 0.0833. The van der Waals surface area contributed by atoms with E-state index in [1.165, 1.54) is 19.2 Å². The molecule has 1 aromatic heterocycles. The highest BCUT2D eigenvalue weighted by Gasteiger charge is 2.17. The summed E-state index contributed by atoms with van der Waals surface area (Å²) >= 11 is 4.79. The van der Waals surface area contributed by atoms with Gasteiger partial charge in [-0.3, -0.25) is 10.1 Å². The van der Waals surface area contributed by atoms with E-state index in [4.69, 9.17) is 27.1 Å². The van der Waals surface area contributed by atoms with Crippen molar-refractivity contribution < 1.29 is 14.1 Å². The normalized spacial score (nSPS) is 10.2. The third-order valence-corrected chi connectivity index (χ3v) is 2.71. The maximum absolute atomic E-state index is 10.9. The molecule has 0 unspecified atom stereocenters. The summed E-state index contributed by atoms with van der Waals surface area (Å²) in [7, 11) is 1.37. The highest BCUT2D eigenvalue weighted by atomic mass is 32.1. The van der Waals surface area contributed by atoms with Crippen molar-refractivity contribution in [1.82, 2.24) is 0 Å². The molecule has 0 aliphatic rings. The molecule has 0 atom stereocenters. The molecule has 2 aromatic rings. The predicted octanol–water partition coefficient (Wildman–Crippen LogP) is 2.50. The number of ether oxygens (including phenoxy) is 1. The number of nitrogens with two attached hydrogens (primary N) is 1. The zero-order valence-corrected chi connectivity index (χ0v) is 10.8. The van der Waals surface area contributed by atoms with Crippen LogP contribution in [0.2, 0.25) is 0 Å². The zero-order chi connectivity index (χ0) is 14.0. The van der Waals surface area contributed by atoms with Gasteiger partial charge in [-0.1, -0.05) is 12.2 Å². The first-order valence-electron chi connectivity index (χ1n) is 5.25. The molecule has 98 valence electrons. The van der Waals surface area contributed by atoms with E-state index >= 15 is 0 Å². The number of hydrogen-bond donors (Lipinski definition) is 1. The Balaban J connectivity index is 2.47. The maximum Gasteiger partial charge on any atom is 0.311 e. The first kappa shape index (κ1) is 13.0. The molecule has 0 bridgehead atoms. The fourth-order valence-corrected chi connectivity index (χ4v) is 1.72. The topological polar surface area (TPSA) is 91.5 Å². The van der Waals surface area contributed by atoms with Gasteiger partial charge in [0.15, 0.2) is 11.5 Å². The van der Waals surface area contributed by atoms with E-state index in [1.54, 1.807) is 18.2 Å². The zero-order valence-electron chi connectivity index (χ0n) is 9.95. The van der Waals surface area contributed by atoms with E-state index < -0.39 is 4.92 Å². The Hall–Kier alpha value is -2.41. The molecule has 0 saturated carbocycles. The van der Waals surface area contributed by atoms with Gasteiger partial charge in [0, 0.05) is 11.6 Å². The summed E-state index contributed by atoms with van der Waals surface area (Å²) in [6, 6.07) is 7.82. The second kappa shape index (κ2) is 5.07. The first-order chi connectivity index (χ1) is 9.02. The van der Waals surface area contributed by atoms with Gasteiger partial charge in [-0.2, -0.15) is 0 Å². The average Bonchev–Trinajstić information content (AvgIpc) is 2.87. The van der Waals surface area contributed by atoms with Gasteiger partial charge in [0.2, 0.25) is 0 Å². The Bertz CT molecular complexity index is 651. The first-order valence-corrected chi connectivity index (χ1v) is 5.66. The second-order valence-electron chi connectivity index (χ2n) is 3.67. The van der Waals surface area contributed by atoms with Gasteiger partial charge in [-0.15, -0.1) is 0 Å². The van der Waals surface area contributed by atoms with Crippen LogP contribution in [0.5, 0.6) is 5.75 Å². The smallest absolute Gasteiger partial charge is 0.311 e. The summed E-state index contributed by atoms with van der Waals surface area (Å²) in [4.78, 5) is 10.6. The number of rotatable bonds is 4. The number of nitrogens with zero attached hydrogens (tertiary/aromatic N) is 1. The van der Waals surface area contributed by atoms with Crippen LogP contribution in [0.4, 0.5) is 5.69 Å². The van der Waals surface area contributed by atoms with Gasteiger partial charge in [0.25, 0.3) is 0 Å². The van der Waals surface area contributed by atoms with Crippen LogP contribution in [0.15, 0.2) is 34.7 Å². The molecule has 1 aromatic carbocycles. The standard InChI is InChI=1S/C12H10N2O4S/c1-17-10-3-2-7(6-8(10)14(15)16)9-4-5-11(18-9)12(13)19/h2-6H,1H3,(H2,13,19). The van der Waals surface area contributed by atoms with Crippen LogP contribution in [0.3, 0.4) is 0 Å². The molecule has 0 amide bonds. The quantitative estimate of drug-likeness (QED) is 0.525. The van der Waals surface area contributed by atoms with Gasteiger partial charge in [0.1, 0.15) is 10.7 Å². The lowest BCUT2D eigenvalue weighted by molar-refractivity contribution is -0.385. The molecule has 0 aliphatic carbocycles. The number of benzene rings is 1. The van der Waals surface area contributed by atoms with Crippen LogP contribution in [-0.2, 0) is 0 Å². The number of hydrogen-bond acceptors (Lipinski definition) is 5. The summed E-state index contributed by atoms with van der Waals surface area (Å²) in [5.74, 6) is 1.01. The van der Waals surface area contributed by atoms with Crippen molar-refractivity contribution in [3.8, 4) is 17.1 Å².